The topological polar surface area (TPSA) is 130 Å². The van der Waals surface area contributed by atoms with Crippen LogP contribution in [0.5, 0.6) is 0 Å². The number of rotatable bonds is 5. The molecule has 0 atom stereocenters. The molecule has 4 aromatic rings. The molecule has 2 aromatic carbocycles. The first-order valence-corrected chi connectivity index (χ1v) is 11.4. The van der Waals surface area contributed by atoms with E-state index in [0.29, 0.717) is 11.5 Å². The Bertz CT molecular complexity index is 1530. The molecule has 2 heterocycles. The Balaban J connectivity index is 1.77. The number of anilines is 2. The number of hydrogen-bond donors (Lipinski definition) is 2. The summed E-state index contributed by atoms with van der Waals surface area (Å²) in [6.07, 6.45) is 1.29. The third kappa shape index (κ3) is 4.26. The minimum atomic E-state index is -4.05. The first-order chi connectivity index (χ1) is 15.7. The third-order valence-corrected chi connectivity index (χ3v) is 6.41. The molecule has 0 bridgehead atoms. The Morgan fingerprint density at radius 2 is 1.82 bits per heavy atom. The number of aryl methyl sites for hydroxylation is 2. The molecule has 0 aliphatic rings. The van der Waals surface area contributed by atoms with Crippen molar-refractivity contribution in [2.24, 2.45) is 0 Å². The van der Waals surface area contributed by atoms with Crippen molar-refractivity contribution in [3.63, 3.8) is 0 Å². The van der Waals surface area contributed by atoms with Crippen LogP contribution in [0.4, 0.5) is 11.5 Å². The van der Waals surface area contributed by atoms with Crippen LogP contribution in [0.25, 0.3) is 16.7 Å². The zero-order chi connectivity index (χ0) is 23.8. The van der Waals surface area contributed by atoms with Crippen molar-refractivity contribution in [1.29, 1.82) is 5.26 Å². The molecule has 2 N–H and O–H groups in total. The zero-order valence-electron chi connectivity index (χ0n) is 18.1. The van der Waals surface area contributed by atoms with Crippen LogP contribution in [0, 0.1) is 25.2 Å². The van der Waals surface area contributed by atoms with Crippen molar-refractivity contribution in [3.8, 4) is 11.9 Å². The molecule has 0 saturated carbocycles. The van der Waals surface area contributed by atoms with Gasteiger partial charge in [0.2, 0.25) is 5.91 Å². The minimum absolute atomic E-state index is 0.0109. The number of carbonyl (C=O) groups is 1. The van der Waals surface area contributed by atoms with E-state index in [-0.39, 0.29) is 22.2 Å². The van der Waals surface area contributed by atoms with Gasteiger partial charge in [0.25, 0.3) is 10.0 Å². The molecule has 4 rings (SSSR count). The number of nitrogens with zero attached hydrogens (tertiary/aromatic N) is 4. The van der Waals surface area contributed by atoms with E-state index in [1.165, 1.54) is 42.1 Å². The first-order valence-electron chi connectivity index (χ1n) is 9.95. The van der Waals surface area contributed by atoms with Crippen LogP contribution in [0.2, 0.25) is 0 Å². The van der Waals surface area contributed by atoms with Crippen molar-refractivity contribution in [2.45, 2.75) is 25.7 Å². The molecular formula is C23H20N6O3S. The van der Waals surface area contributed by atoms with E-state index in [9.17, 15) is 18.5 Å². The summed E-state index contributed by atoms with van der Waals surface area (Å²) in [7, 11) is -4.05. The quantitative estimate of drug-likeness (QED) is 0.467. The summed E-state index contributed by atoms with van der Waals surface area (Å²) in [5.74, 6) is 0.109. The number of pyridine rings is 1. The smallest absolute Gasteiger partial charge is 0.263 e. The molecule has 0 spiro atoms. The first kappa shape index (κ1) is 22.0. The second-order valence-corrected chi connectivity index (χ2v) is 9.19. The highest BCUT2D eigenvalue weighted by molar-refractivity contribution is 7.92. The van der Waals surface area contributed by atoms with Gasteiger partial charge in [0, 0.05) is 18.0 Å². The predicted molar refractivity (Wildman–Crippen MR) is 125 cm³/mol. The molecule has 166 valence electrons. The molecule has 0 fully saturated rings. The number of hydrogen-bond acceptors (Lipinski definition) is 6. The number of sulfonamides is 1. The van der Waals surface area contributed by atoms with Crippen LogP contribution in [0.1, 0.15) is 23.6 Å². The summed E-state index contributed by atoms with van der Waals surface area (Å²) in [5.41, 5.74) is 3.19. The van der Waals surface area contributed by atoms with Crippen molar-refractivity contribution < 1.29 is 13.2 Å². The van der Waals surface area contributed by atoms with Crippen molar-refractivity contribution >= 4 is 38.3 Å². The highest BCUT2D eigenvalue weighted by Crippen LogP contribution is 2.27. The number of carbonyl (C=O) groups excluding carboxylic acids is 1. The van der Waals surface area contributed by atoms with E-state index in [1.807, 2.05) is 38.1 Å². The molecule has 33 heavy (non-hydrogen) atoms. The largest absolute Gasteiger partial charge is 0.326 e. The molecule has 10 heteroatoms. The number of benzene rings is 2. The minimum Gasteiger partial charge on any atom is -0.326 e. The number of fused-ring (bicyclic) bond motifs is 1. The van der Waals surface area contributed by atoms with Gasteiger partial charge in [0.05, 0.1) is 16.6 Å². The SMILES string of the molecule is CC(=O)Nc1ccc(S(=O)(=O)Nc2c(C#N)cnn2-c2cc(C)c3cccc(C)c3n2)cc1. The second kappa shape index (κ2) is 8.37. The maximum absolute atomic E-state index is 13.0. The second-order valence-electron chi connectivity index (χ2n) is 7.51. The van der Waals surface area contributed by atoms with Crippen LogP contribution in [0.15, 0.2) is 59.6 Å². The predicted octanol–water partition coefficient (Wildman–Crippen LogP) is 3.67. The molecule has 0 radical (unpaired) electrons. The van der Waals surface area contributed by atoms with Gasteiger partial charge in [-0.2, -0.15) is 15.0 Å². The fourth-order valence-corrected chi connectivity index (χ4v) is 4.52. The summed E-state index contributed by atoms with van der Waals surface area (Å²) < 4.78 is 29.9. The highest BCUT2D eigenvalue weighted by Gasteiger charge is 2.22. The molecule has 1 amide bonds. The van der Waals surface area contributed by atoms with Crippen molar-refractivity contribution in [1.82, 2.24) is 14.8 Å². The average molecular weight is 461 g/mol. The van der Waals surface area contributed by atoms with E-state index < -0.39 is 10.0 Å². The van der Waals surface area contributed by atoms with E-state index in [1.54, 1.807) is 6.07 Å². The lowest BCUT2D eigenvalue weighted by Gasteiger charge is -2.13. The monoisotopic (exact) mass is 460 g/mol. The van der Waals surface area contributed by atoms with Gasteiger partial charge >= 0.3 is 0 Å². The Kier molecular flexibility index (Phi) is 5.57. The Morgan fingerprint density at radius 1 is 1.09 bits per heavy atom. The summed E-state index contributed by atoms with van der Waals surface area (Å²) in [4.78, 5) is 15.8. The van der Waals surface area contributed by atoms with Crippen LogP contribution >= 0.6 is 0 Å². The van der Waals surface area contributed by atoms with Gasteiger partial charge in [-0.15, -0.1) is 0 Å². The lowest BCUT2D eigenvalue weighted by atomic mass is 10.1. The Labute approximate surface area is 190 Å². The normalized spacial score (nSPS) is 11.2. The molecule has 9 nitrogen and oxygen atoms in total. The van der Waals surface area contributed by atoms with Crippen LogP contribution < -0.4 is 10.0 Å². The number of nitrogens with one attached hydrogen (secondary N) is 2. The maximum Gasteiger partial charge on any atom is 0.263 e. The number of nitriles is 1. The molecule has 0 unspecified atom stereocenters. The molecule has 0 saturated heterocycles. The van der Waals surface area contributed by atoms with Crippen molar-refractivity contribution in [3.05, 3.63) is 71.4 Å². The summed E-state index contributed by atoms with van der Waals surface area (Å²) in [5, 5.41) is 17.3. The van der Waals surface area contributed by atoms with Gasteiger partial charge in [-0.05, 0) is 55.3 Å². The molecule has 0 aliphatic heterocycles. The maximum atomic E-state index is 13.0. The van der Waals surface area contributed by atoms with E-state index in [4.69, 9.17) is 0 Å². The summed E-state index contributed by atoms with van der Waals surface area (Å²) >= 11 is 0. The molecule has 2 aromatic heterocycles. The highest BCUT2D eigenvalue weighted by atomic mass is 32.2. The van der Waals surface area contributed by atoms with Gasteiger partial charge in [0.15, 0.2) is 11.6 Å². The average Bonchev–Trinajstić information content (AvgIpc) is 3.16. The van der Waals surface area contributed by atoms with Gasteiger partial charge in [0.1, 0.15) is 11.6 Å². The van der Waals surface area contributed by atoms with Crippen LogP contribution in [-0.4, -0.2) is 29.1 Å². The summed E-state index contributed by atoms with van der Waals surface area (Å²) in [6.45, 7) is 5.24. The Morgan fingerprint density at radius 3 is 2.48 bits per heavy atom. The van der Waals surface area contributed by atoms with Crippen molar-refractivity contribution in [2.75, 3.05) is 10.0 Å². The number of para-hydroxylation sites is 1. The Hall–Kier alpha value is -4.23. The van der Waals surface area contributed by atoms with E-state index in [2.05, 4.69) is 20.1 Å². The van der Waals surface area contributed by atoms with Gasteiger partial charge in [-0.25, -0.2) is 13.4 Å². The number of amides is 1. The third-order valence-electron chi connectivity index (χ3n) is 5.06. The van der Waals surface area contributed by atoms with Gasteiger partial charge < -0.3 is 5.32 Å². The van der Waals surface area contributed by atoms with Crippen LogP contribution in [0.3, 0.4) is 0 Å². The lowest BCUT2D eigenvalue weighted by molar-refractivity contribution is -0.114. The van der Waals surface area contributed by atoms with E-state index >= 15 is 0 Å². The number of aromatic nitrogens is 3. The summed E-state index contributed by atoms with van der Waals surface area (Å²) in [6, 6.07) is 15.3. The van der Waals surface area contributed by atoms with E-state index in [0.717, 1.165) is 22.0 Å². The standard InChI is InChI=1S/C23H20N6O3S/c1-14-5-4-6-20-15(2)11-21(27-22(14)20)29-23(17(12-24)13-25-29)28-33(31,32)19-9-7-18(8-10-19)26-16(3)30/h4-11,13,28H,1-3H3,(H,26,30). The zero-order valence-corrected chi connectivity index (χ0v) is 18.9. The van der Waals surface area contributed by atoms with Gasteiger partial charge in [-0.3, -0.25) is 9.52 Å². The van der Waals surface area contributed by atoms with Crippen LogP contribution in [-0.2, 0) is 14.8 Å². The molecule has 0 aliphatic carbocycles. The fraction of sp³-hybridized carbons (Fsp3) is 0.130. The molecular weight excluding hydrogens is 440 g/mol. The lowest BCUT2D eigenvalue weighted by Crippen LogP contribution is -2.17. The fourth-order valence-electron chi connectivity index (χ4n) is 3.46. The van der Waals surface area contributed by atoms with Gasteiger partial charge in [-0.1, -0.05) is 18.2 Å².